The molecule has 1 aromatic heterocycles. The summed E-state index contributed by atoms with van der Waals surface area (Å²) < 4.78 is 5.33. The second kappa shape index (κ2) is 7.37. The minimum absolute atomic E-state index is 0.158. The predicted molar refractivity (Wildman–Crippen MR) is 67.8 cm³/mol. The average molecular weight is 238 g/mol. The Hall–Kier alpha value is -0.970. The molecule has 17 heavy (non-hydrogen) atoms. The second-order valence-corrected chi connectivity index (χ2v) is 4.47. The van der Waals surface area contributed by atoms with E-state index in [1.165, 1.54) is 5.56 Å². The maximum absolute atomic E-state index is 9.64. The van der Waals surface area contributed by atoms with E-state index in [-0.39, 0.29) is 6.10 Å². The van der Waals surface area contributed by atoms with E-state index in [1.54, 1.807) is 6.20 Å². The number of ether oxygens (including phenoxy) is 1. The molecule has 0 amide bonds. The van der Waals surface area contributed by atoms with Crippen molar-refractivity contribution >= 4 is 0 Å². The fourth-order valence-electron chi connectivity index (χ4n) is 1.42. The molecule has 4 heteroatoms. The van der Waals surface area contributed by atoms with E-state index >= 15 is 0 Å². The number of aliphatic hydroxyl groups is 1. The molecule has 0 saturated carbocycles. The Labute approximate surface area is 103 Å². The molecule has 0 aromatic carbocycles. The Bertz CT molecular complexity index is 329. The first-order chi connectivity index (χ1) is 8.09. The number of nitrogens with zero attached hydrogens (tertiary/aromatic N) is 1. The summed E-state index contributed by atoms with van der Waals surface area (Å²) in [5, 5.41) is 12.8. The van der Waals surface area contributed by atoms with Crippen molar-refractivity contribution in [1.29, 1.82) is 0 Å². The van der Waals surface area contributed by atoms with Crippen LogP contribution in [0.4, 0.5) is 0 Å². The van der Waals surface area contributed by atoms with Gasteiger partial charge in [-0.3, -0.25) is 4.98 Å². The summed E-state index contributed by atoms with van der Waals surface area (Å²) in [6.07, 6.45) is 3.32. The van der Waals surface area contributed by atoms with E-state index in [1.807, 2.05) is 26.1 Å². The molecule has 4 nitrogen and oxygen atoms in total. The normalized spacial score (nSPS) is 13.0. The molecule has 1 atom stereocenters. The lowest BCUT2D eigenvalue weighted by molar-refractivity contribution is 0.00629. The molecule has 2 N–H and O–H groups in total. The SMILES string of the molecule is Cc1ccncc1CNCC(O)COC(C)C. The Kier molecular flexibility index (Phi) is 6.11. The number of rotatable bonds is 7. The highest BCUT2D eigenvalue weighted by Crippen LogP contribution is 2.03. The van der Waals surface area contributed by atoms with Gasteiger partial charge in [0.25, 0.3) is 0 Å². The van der Waals surface area contributed by atoms with Crippen molar-refractivity contribution in [1.82, 2.24) is 10.3 Å². The number of nitrogens with one attached hydrogen (secondary N) is 1. The summed E-state index contributed by atoms with van der Waals surface area (Å²) in [6.45, 7) is 7.59. The van der Waals surface area contributed by atoms with Crippen molar-refractivity contribution in [2.24, 2.45) is 0 Å². The van der Waals surface area contributed by atoms with E-state index in [4.69, 9.17) is 4.74 Å². The van der Waals surface area contributed by atoms with Gasteiger partial charge in [0.1, 0.15) is 0 Å². The van der Waals surface area contributed by atoms with Gasteiger partial charge in [0.2, 0.25) is 0 Å². The first kappa shape index (κ1) is 14.1. The van der Waals surface area contributed by atoms with Crippen molar-refractivity contribution in [3.63, 3.8) is 0 Å². The van der Waals surface area contributed by atoms with Gasteiger partial charge in [-0.15, -0.1) is 0 Å². The molecular formula is C13H22N2O2. The Morgan fingerprint density at radius 3 is 2.88 bits per heavy atom. The number of aryl methyl sites for hydroxylation is 1. The molecule has 0 spiro atoms. The van der Waals surface area contributed by atoms with Crippen LogP contribution in [0.25, 0.3) is 0 Å². The summed E-state index contributed by atoms with van der Waals surface area (Å²) in [6, 6.07) is 1.98. The van der Waals surface area contributed by atoms with Crippen LogP contribution < -0.4 is 5.32 Å². The van der Waals surface area contributed by atoms with Gasteiger partial charge in [0, 0.05) is 25.5 Å². The van der Waals surface area contributed by atoms with E-state index < -0.39 is 6.10 Å². The maximum atomic E-state index is 9.64. The third-order valence-electron chi connectivity index (χ3n) is 2.46. The van der Waals surface area contributed by atoms with Crippen LogP contribution in [0.1, 0.15) is 25.0 Å². The third kappa shape index (κ3) is 5.77. The highest BCUT2D eigenvalue weighted by Gasteiger charge is 2.05. The number of aliphatic hydroxyl groups excluding tert-OH is 1. The molecule has 1 rings (SSSR count). The number of aromatic nitrogens is 1. The topological polar surface area (TPSA) is 54.4 Å². The molecule has 1 unspecified atom stereocenters. The quantitative estimate of drug-likeness (QED) is 0.751. The van der Waals surface area contributed by atoms with Gasteiger partial charge in [-0.2, -0.15) is 0 Å². The molecule has 1 heterocycles. The summed E-state index contributed by atoms with van der Waals surface area (Å²) in [5.41, 5.74) is 2.37. The molecular weight excluding hydrogens is 216 g/mol. The highest BCUT2D eigenvalue weighted by atomic mass is 16.5. The highest BCUT2D eigenvalue weighted by molar-refractivity contribution is 5.20. The molecule has 1 aromatic rings. The molecule has 0 aliphatic carbocycles. The van der Waals surface area contributed by atoms with Crippen LogP contribution in [-0.2, 0) is 11.3 Å². The van der Waals surface area contributed by atoms with Crippen LogP contribution in [-0.4, -0.2) is 35.5 Å². The van der Waals surface area contributed by atoms with Gasteiger partial charge in [0.05, 0.1) is 18.8 Å². The lowest BCUT2D eigenvalue weighted by Gasteiger charge is -2.14. The molecule has 0 aliphatic rings. The van der Waals surface area contributed by atoms with Gasteiger partial charge < -0.3 is 15.2 Å². The lowest BCUT2D eigenvalue weighted by atomic mass is 10.1. The van der Waals surface area contributed by atoms with Crippen molar-refractivity contribution in [3.8, 4) is 0 Å². The van der Waals surface area contributed by atoms with Gasteiger partial charge in [-0.05, 0) is 38.0 Å². The lowest BCUT2D eigenvalue weighted by Crippen LogP contribution is -2.31. The largest absolute Gasteiger partial charge is 0.389 e. The summed E-state index contributed by atoms with van der Waals surface area (Å²) in [4.78, 5) is 4.08. The van der Waals surface area contributed by atoms with E-state index in [0.717, 1.165) is 12.1 Å². The maximum Gasteiger partial charge on any atom is 0.0897 e. The van der Waals surface area contributed by atoms with Crippen LogP contribution in [0, 0.1) is 6.92 Å². The number of hydrogen-bond acceptors (Lipinski definition) is 4. The van der Waals surface area contributed by atoms with Crippen molar-refractivity contribution in [2.45, 2.75) is 39.5 Å². The molecule has 0 aliphatic heterocycles. The number of pyridine rings is 1. The van der Waals surface area contributed by atoms with Crippen molar-refractivity contribution in [2.75, 3.05) is 13.2 Å². The molecule has 0 bridgehead atoms. The minimum atomic E-state index is -0.464. The predicted octanol–water partition coefficient (Wildman–Crippen LogP) is 1.27. The van der Waals surface area contributed by atoms with Crippen LogP contribution in [0.2, 0.25) is 0 Å². The van der Waals surface area contributed by atoms with Crippen molar-refractivity contribution in [3.05, 3.63) is 29.6 Å². The zero-order valence-electron chi connectivity index (χ0n) is 10.8. The fourth-order valence-corrected chi connectivity index (χ4v) is 1.42. The smallest absolute Gasteiger partial charge is 0.0897 e. The van der Waals surface area contributed by atoms with E-state index in [9.17, 15) is 5.11 Å². The minimum Gasteiger partial charge on any atom is -0.389 e. The fraction of sp³-hybridized carbons (Fsp3) is 0.615. The summed E-state index contributed by atoms with van der Waals surface area (Å²) in [7, 11) is 0. The van der Waals surface area contributed by atoms with Crippen molar-refractivity contribution < 1.29 is 9.84 Å². The molecule has 0 fully saturated rings. The average Bonchev–Trinajstić information content (AvgIpc) is 2.29. The summed E-state index contributed by atoms with van der Waals surface area (Å²) >= 11 is 0. The second-order valence-electron chi connectivity index (χ2n) is 4.47. The van der Waals surface area contributed by atoms with Crippen LogP contribution in [0.5, 0.6) is 0 Å². The third-order valence-corrected chi connectivity index (χ3v) is 2.46. The van der Waals surface area contributed by atoms with Gasteiger partial charge in [0.15, 0.2) is 0 Å². The van der Waals surface area contributed by atoms with Gasteiger partial charge >= 0.3 is 0 Å². The van der Waals surface area contributed by atoms with Gasteiger partial charge in [-0.25, -0.2) is 0 Å². The van der Waals surface area contributed by atoms with Crippen LogP contribution >= 0.6 is 0 Å². The first-order valence-electron chi connectivity index (χ1n) is 5.99. The Morgan fingerprint density at radius 2 is 2.24 bits per heavy atom. The van der Waals surface area contributed by atoms with Gasteiger partial charge in [-0.1, -0.05) is 0 Å². The zero-order chi connectivity index (χ0) is 12.7. The first-order valence-corrected chi connectivity index (χ1v) is 5.99. The Balaban J connectivity index is 2.21. The molecule has 0 saturated heterocycles. The summed E-state index contributed by atoms with van der Waals surface area (Å²) in [5.74, 6) is 0. The molecule has 0 radical (unpaired) electrons. The zero-order valence-corrected chi connectivity index (χ0v) is 10.8. The molecule has 96 valence electrons. The standard InChI is InChI=1S/C13H22N2O2/c1-10(2)17-9-13(16)8-15-7-12-6-14-5-4-11(12)3/h4-6,10,13,15-16H,7-9H2,1-3H3. The Morgan fingerprint density at radius 1 is 1.47 bits per heavy atom. The van der Waals surface area contributed by atoms with E-state index in [2.05, 4.69) is 17.2 Å². The van der Waals surface area contributed by atoms with Crippen LogP contribution in [0.3, 0.4) is 0 Å². The monoisotopic (exact) mass is 238 g/mol. The number of hydrogen-bond donors (Lipinski definition) is 2. The van der Waals surface area contributed by atoms with Crippen LogP contribution in [0.15, 0.2) is 18.5 Å². The van der Waals surface area contributed by atoms with E-state index in [0.29, 0.717) is 13.2 Å².